The van der Waals surface area contributed by atoms with Crippen molar-refractivity contribution < 1.29 is 18.0 Å². The Labute approximate surface area is 180 Å². The van der Waals surface area contributed by atoms with Gasteiger partial charge in [0, 0.05) is 16.0 Å². The van der Waals surface area contributed by atoms with Gasteiger partial charge in [-0.25, -0.2) is 5.43 Å². The maximum Gasteiger partial charge on any atom is 0.406 e. The van der Waals surface area contributed by atoms with Gasteiger partial charge >= 0.3 is 6.18 Å². The predicted octanol–water partition coefficient (Wildman–Crippen LogP) is 5.74. The van der Waals surface area contributed by atoms with Crippen molar-refractivity contribution in [2.45, 2.75) is 24.2 Å². The number of anilines is 1. The van der Waals surface area contributed by atoms with E-state index in [-0.39, 0.29) is 5.78 Å². The van der Waals surface area contributed by atoms with Crippen LogP contribution in [0.2, 0.25) is 0 Å². The van der Waals surface area contributed by atoms with E-state index < -0.39 is 24.2 Å². The number of carbonyl (C=O) groups is 1. The van der Waals surface area contributed by atoms with Gasteiger partial charge in [-0.2, -0.15) is 13.2 Å². The lowest BCUT2D eigenvalue weighted by Crippen LogP contribution is -2.46. The van der Waals surface area contributed by atoms with Gasteiger partial charge in [0.05, 0.1) is 5.69 Å². The average Bonchev–Trinajstić information content (AvgIpc) is 3.16. The molecule has 3 nitrogen and oxygen atoms in total. The summed E-state index contributed by atoms with van der Waals surface area (Å²) in [6.45, 7) is 0. The van der Waals surface area contributed by atoms with Crippen molar-refractivity contribution in [3.05, 3.63) is 101 Å². The molecule has 3 aromatic rings. The number of carbonyl (C=O) groups excluding carboxylic acids is 1. The fraction of sp³-hybridized carbons (Fsp3) is 0.174. The molecule has 0 aliphatic carbocycles. The minimum Gasteiger partial charge on any atom is -0.296 e. The minimum absolute atomic E-state index is 0.356. The Morgan fingerprint density at radius 3 is 2.00 bits per heavy atom. The number of benzene rings is 3. The molecule has 1 saturated heterocycles. The van der Waals surface area contributed by atoms with E-state index in [0.717, 1.165) is 4.47 Å². The maximum atomic E-state index is 14.1. The van der Waals surface area contributed by atoms with Gasteiger partial charge in [-0.15, -0.1) is 0 Å². The van der Waals surface area contributed by atoms with Gasteiger partial charge in [-0.3, -0.25) is 9.80 Å². The molecule has 0 radical (unpaired) electrons. The molecule has 1 heterocycles. The standard InChI is InChI=1S/C23H18BrF3N2O/c24-17-13-11-16(12-14-17)21(30)20-19(15-7-3-1-4-8-15)22(23(25,26)27)28-29(20)18-9-5-2-6-10-18/h1-14,19-20,22,28H/t19-,20+,22-/m1/s1. The highest BCUT2D eigenvalue weighted by Crippen LogP contribution is 2.42. The van der Waals surface area contributed by atoms with E-state index in [0.29, 0.717) is 16.8 Å². The Kier molecular flexibility index (Phi) is 5.66. The third-order valence-corrected chi connectivity index (χ3v) is 5.75. The number of alkyl halides is 3. The molecular formula is C23H18BrF3N2O. The van der Waals surface area contributed by atoms with Crippen LogP contribution in [0, 0.1) is 0 Å². The number of nitrogens with one attached hydrogen (secondary N) is 1. The fourth-order valence-corrected chi connectivity index (χ4v) is 4.13. The van der Waals surface area contributed by atoms with Crippen LogP contribution in [0.3, 0.4) is 0 Å². The summed E-state index contributed by atoms with van der Waals surface area (Å²) in [4.78, 5) is 13.5. The molecule has 7 heteroatoms. The number of hydrazine groups is 1. The first kappa shape index (κ1) is 20.6. The minimum atomic E-state index is -4.54. The molecule has 1 aliphatic heterocycles. The second-order valence-corrected chi connectivity index (χ2v) is 8.02. The van der Waals surface area contributed by atoms with Crippen LogP contribution in [0.5, 0.6) is 0 Å². The van der Waals surface area contributed by atoms with Gasteiger partial charge in [0.2, 0.25) is 0 Å². The third kappa shape index (κ3) is 4.00. The Hall–Kier alpha value is -2.64. The van der Waals surface area contributed by atoms with Crippen LogP contribution in [0.4, 0.5) is 18.9 Å². The maximum absolute atomic E-state index is 14.1. The number of hydrogen-bond donors (Lipinski definition) is 1. The van der Waals surface area contributed by atoms with Crippen LogP contribution >= 0.6 is 15.9 Å². The largest absolute Gasteiger partial charge is 0.406 e. The number of Topliss-reactive ketones (excluding diaryl/α,β-unsaturated/α-hetero) is 1. The molecule has 3 atom stereocenters. The molecule has 0 aromatic heterocycles. The SMILES string of the molecule is O=C(c1ccc(Br)cc1)[C@@H]1[C@@H](c2ccccc2)[C@H](C(F)(F)F)NN1c1ccccc1. The van der Waals surface area contributed by atoms with E-state index in [1.54, 1.807) is 84.9 Å². The van der Waals surface area contributed by atoms with Crippen LogP contribution < -0.4 is 10.4 Å². The molecule has 30 heavy (non-hydrogen) atoms. The second kappa shape index (κ2) is 8.24. The van der Waals surface area contributed by atoms with Crippen molar-refractivity contribution in [2.24, 2.45) is 0 Å². The smallest absolute Gasteiger partial charge is 0.296 e. The number of para-hydroxylation sites is 1. The summed E-state index contributed by atoms with van der Waals surface area (Å²) in [5, 5.41) is 1.36. The lowest BCUT2D eigenvalue weighted by Gasteiger charge is -2.28. The summed E-state index contributed by atoms with van der Waals surface area (Å²) in [5.74, 6) is -1.48. The fourth-order valence-electron chi connectivity index (χ4n) is 3.87. The van der Waals surface area contributed by atoms with E-state index in [1.807, 2.05) is 0 Å². The number of nitrogens with zero attached hydrogens (tertiary/aromatic N) is 1. The van der Waals surface area contributed by atoms with Gasteiger partial charge in [-0.05, 0) is 29.8 Å². The summed E-state index contributed by atoms with van der Waals surface area (Å²) < 4.78 is 43.0. The third-order valence-electron chi connectivity index (χ3n) is 5.22. The number of hydrogen-bond acceptors (Lipinski definition) is 3. The van der Waals surface area contributed by atoms with Crippen molar-refractivity contribution in [1.29, 1.82) is 0 Å². The van der Waals surface area contributed by atoms with Crippen molar-refractivity contribution >= 4 is 27.4 Å². The second-order valence-electron chi connectivity index (χ2n) is 7.11. The number of ketones is 1. The molecule has 1 N–H and O–H groups in total. The first-order chi connectivity index (χ1) is 14.4. The number of rotatable bonds is 4. The highest BCUT2D eigenvalue weighted by atomic mass is 79.9. The molecule has 4 rings (SSSR count). The molecule has 0 saturated carbocycles. The lowest BCUT2D eigenvalue weighted by molar-refractivity contribution is -0.155. The van der Waals surface area contributed by atoms with Gasteiger partial charge in [0.25, 0.3) is 0 Å². The summed E-state index contributed by atoms with van der Waals surface area (Å²) in [6.07, 6.45) is -4.54. The number of halogens is 4. The van der Waals surface area contributed by atoms with Crippen molar-refractivity contribution in [1.82, 2.24) is 5.43 Å². The van der Waals surface area contributed by atoms with Crippen LogP contribution in [-0.4, -0.2) is 24.0 Å². The zero-order valence-corrected chi connectivity index (χ0v) is 17.3. The predicted molar refractivity (Wildman–Crippen MR) is 113 cm³/mol. The zero-order valence-electron chi connectivity index (χ0n) is 15.7. The van der Waals surface area contributed by atoms with Gasteiger partial charge < -0.3 is 0 Å². The monoisotopic (exact) mass is 474 g/mol. The Morgan fingerprint density at radius 1 is 0.867 bits per heavy atom. The topological polar surface area (TPSA) is 32.3 Å². The van der Waals surface area contributed by atoms with Gasteiger partial charge in [-0.1, -0.05) is 76.6 Å². The average molecular weight is 475 g/mol. The molecule has 0 amide bonds. The van der Waals surface area contributed by atoms with Crippen molar-refractivity contribution in [3.8, 4) is 0 Å². The molecule has 0 spiro atoms. The van der Waals surface area contributed by atoms with Crippen LogP contribution in [0.1, 0.15) is 21.8 Å². The first-order valence-corrected chi connectivity index (χ1v) is 10.2. The highest BCUT2D eigenvalue weighted by Gasteiger charge is 2.57. The van der Waals surface area contributed by atoms with E-state index >= 15 is 0 Å². The van der Waals surface area contributed by atoms with Gasteiger partial charge in [0.1, 0.15) is 12.1 Å². The summed E-state index contributed by atoms with van der Waals surface area (Å²) >= 11 is 3.33. The van der Waals surface area contributed by atoms with Crippen LogP contribution in [0.15, 0.2) is 89.4 Å². The zero-order chi connectivity index (χ0) is 21.3. The Bertz CT molecular complexity index is 1010. The molecule has 1 fully saturated rings. The van der Waals surface area contributed by atoms with E-state index in [9.17, 15) is 18.0 Å². The molecule has 0 unspecified atom stereocenters. The summed E-state index contributed by atoms with van der Waals surface area (Å²) in [6, 6.07) is 20.7. The van der Waals surface area contributed by atoms with Crippen molar-refractivity contribution in [3.63, 3.8) is 0 Å². The normalized spacial score (nSPS) is 21.6. The quantitative estimate of drug-likeness (QED) is 0.489. The van der Waals surface area contributed by atoms with E-state index in [4.69, 9.17) is 0 Å². The van der Waals surface area contributed by atoms with E-state index in [2.05, 4.69) is 21.4 Å². The van der Waals surface area contributed by atoms with Crippen LogP contribution in [0.25, 0.3) is 0 Å². The van der Waals surface area contributed by atoms with Crippen LogP contribution in [-0.2, 0) is 0 Å². The first-order valence-electron chi connectivity index (χ1n) is 9.38. The molecular weight excluding hydrogens is 457 g/mol. The molecule has 3 aromatic carbocycles. The van der Waals surface area contributed by atoms with E-state index in [1.165, 1.54) is 5.01 Å². The highest BCUT2D eigenvalue weighted by molar-refractivity contribution is 9.10. The Balaban J connectivity index is 1.86. The summed E-state index contributed by atoms with van der Waals surface area (Å²) in [7, 11) is 0. The summed E-state index contributed by atoms with van der Waals surface area (Å²) in [5.41, 5.74) is 3.90. The Morgan fingerprint density at radius 2 is 1.43 bits per heavy atom. The molecule has 154 valence electrons. The molecule has 1 aliphatic rings. The lowest BCUT2D eigenvalue weighted by atomic mass is 9.83. The van der Waals surface area contributed by atoms with Crippen molar-refractivity contribution in [2.75, 3.05) is 5.01 Å². The molecule has 0 bridgehead atoms. The van der Waals surface area contributed by atoms with Gasteiger partial charge in [0.15, 0.2) is 5.78 Å².